The molecule has 0 amide bonds. The van der Waals surface area contributed by atoms with E-state index in [1.807, 2.05) is 0 Å². The summed E-state index contributed by atoms with van der Waals surface area (Å²) in [5.74, 6) is -57.1. The van der Waals surface area contributed by atoms with Crippen LogP contribution in [-0.2, 0) is 20.0 Å². The lowest BCUT2D eigenvalue weighted by Gasteiger charge is -2.41. The van der Waals surface area contributed by atoms with E-state index in [9.17, 15) is 91.5 Å². The van der Waals surface area contributed by atoms with Gasteiger partial charge in [0, 0.05) is 12.1 Å². The quantitative estimate of drug-likeness (QED) is 0.124. The molecular weight excluding hydrogens is 843 g/mol. The molecule has 7 nitrogen and oxygen atoms in total. The van der Waals surface area contributed by atoms with Crippen LogP contribution in [0.1, 0.15) is 11.1 Å². The molecule has 3 rings (SSSR count). The molecule has 3 aromatic carbocycles. The molecule has 0 aromatic heterocycles. The fraction of sp³-hybridized carbons (Fsp3) is 0.310. The Morgan fingerprint density at radius 2 is 0.836 bits per heavy atom. The molecule has 0 aliphatic carbocycles. The summed E-state index contributed by atoms with van der Waals surface area (Å²) >= 11 is 0. The maximum Gasteiger partial charge on any atom is 0.460 e. The maximum atomic E-state index is 14.7. The van der Waals surface area contributed by atoms with Crippen molar-refractivity contribution in [3.8, 4) is 5.75 Å². The molecule has 0 atom stereocenters. The van der Waals surface area contributed by atoms with Crippen LogP contribution in [0.5, 0.6) is 5.75 Å². The molecule has 55 heavy (non-hydrogen) atoms. The Morgan fingerprint density at radius 3 is 1.18 bits per heavy atom. The molecule has 0 bridgehead atoms. The summed E-state index contributed by atoms with van der Waals surface area (Å²) in [6, 6.07) is 6.24. The lowest BCUT2D eigenvalue weighted by molar-refractivity contribution is -0.451. The summed E-state index contributed by atoms with van der Waals surface area (Å²) in [4.78, 5) is -1.05. The largest absolute Gasteiger partial charge is 0.460 e. The number of sulfonamides is 2. The molecule has 0 fully saturated rings. The van der Waals surface area contributed by atoms with Crippen molar-refractivity contribution in [1.29, 1.82) is 0 Å². The summed E-state index contributed by atoms with van der Waals surface area (Å²) in [5.41, 5.74) is -0.820. The van der Waals surface area contributed by atoms with Gasteiger partial charge in [-0.05, 0) is 44.2 Å². The average Bonchev–Trinajstić information content (AvgIpc) is 3.03. The van der Waals surface area contributed by atoms with Crippen molar-refractivity contribution in [3.05, 3.63) is 89.7 Å². The molecule has 0 saturated heterocycles. The van der Waals surface area contributed by atoms with Crippen molar-refractivity contribution in [1.82, 2.24) is 0 Å². The Balaban J connectivity index is 2.14. The van der Waals surface area contributed by atoms with Gasteiger partial charge in [0.15, 0.2) is 0 Å². The van der Waals surface area contributed by atoms with E-state index >= 15 is 0 Å². The number of ether oxygens (including phenoxy) is 1. The number of allylic oxidation sites excluding steroid dienone is 1. The molecular formula is C29H19F17N2O5S2. The van der Waals surface area contributed by atoms with Crippen LogP contribution in [0.2, 0.25) is 0 Å². The van der Waals surface area contributed by atoms with Gasteiger partial charge in [-0.2, -0.15) is 74.6 Å². The van der Waals surface area contributed by atoms with Gasteiger partial charge >= 0.3 is 47.7 Å². The van der Waals surface area contributed by atoms with Crippen molar-refractivity contribution in [2.24, 2.45) is 0 Å². The summed E-state index contributed by atoms with van der Waals surface area (Å²) in [5, 5.41) is 0. The van der Waals surface area contributed by atoms with Crippen molar-refractivity contribution in [2.45, 2.75) is 65.3 Å². The Hall–Kier alpha value is -4.49. The summed E-state index contributed by atoms with van der Waals surface area (Å²) in [7, 11) is -9.47. The number of hydrogen-bond acceptors (Lipinski definition) is 5. The first-order valence-electron chi connectivity index (χ1n) is 14.0. The molecule has 26 heteroatoms. The maximum absolute atomic E-state index is 14.7. The van der Waals surface area contributed by atoms with Gasteiger partial charge < -0.3 is 4.74 Å². The van der Waals surface area contributed by atoms with Gasteiger partial charge in [-0.15, -0.1) is 0 Å². The first-order chi connectivity index (χ1) is 24.6. The van der Waals surface area contributed by atoms with E-state index in [4.69, 9.17) is 0 Å². The SMILES string of the molecule is Cc1ccc(S(=O)(=O)Nc2cc(NS(=O)(=O)c3ccc(C)cc3)cc(OC(F)=C(F)C(F)(F)C(F)(F)C(F)(F)C(F)(F)C(F)(F)C(F)(F)C(F)(F)F)c2)cc1. The number of alkyl halides is 15. The van der Waals surface area contributed by atoms with Gasteiger partial charge in [0.2, 0.25) is 5.83 Å². The minimum Gasteiger partial charge on any atom is -0.429 e. The number of nitrogens with one attached hydrogen (secondary N) is 2. The highest BCUT2D eigenvalue weighted by Crippen LogP contribution is 2.63. The Bertz CT molecular complexity index is 2060. The smallest absolute Gasteiger partial charge is 0.429 e. The number of anilines is 2. The first-order valence-corrected chi connectivity index (χ1v) is 16.9. The number of rotatable bonds is 14. The molecule has 2 N–H and O–H groups in total. The predicted octanol–water partition coefficient (Wildman–Crippen LogP) is 9.77. The zero-order chi connectivity index (χ0) is 42.6. The minimum atomic E-state index is -8.80. The lowest BCUT2D eigenvalue weighted by Crippen LogP contribution is -2.72. The Labute approximate surface area is 297 Å². The third kappa shape index (κ3) is 8.09. The fourth-order valence-electron chi connectivity index (χ4n) is 4.02. The molecule has 0 spiro atoms. The third-order valence-electron chi connectivity index (χ3n) is 7.06. The molecule has 3 aromatic rings. The highest BCUT2D eigenvalue weighted by molar-refractivity contribution is 7.93. The van der Waals surface area contributed by atoms with Crippen LogP contribution in [-0.4, -0.2) is 58.5 Å². The minimum absolute atomic E-state index is 0.182. The first kappa shape index (κ1) is 44.9. The van der Waals surface area contributed by atoms with E-state index in [1.165, 1.54) is 38.1 Å². The van der Waals surface area contributed by atoms with Gasteiger partial charge in [-0.1, -0.05) is 35.4 Å². The third-order valence-corrected chi connectivity index (χ3v) is 9.85. The van der Waals surface area contributed by atoms with Gasteiger partial charge in [0.25, 0.3) is 20.0 Å². The topological polar surface area (TPSA) is 102 Å². The molecule has 0 aliphatic heterocycles. The van der Waals surface area contributed by atoms with E-state index in [1.54, 1.807) is 9.44 Å². The van der Waals surface area contributed by atoms with Crippen LogP contribution < -0.4 is 14.2 Å². The average molecular weight is 863 g/mol. The van der Waals surface area contributed by atoms with Crippen molar-refractivity contribution in [3.63, 3.8) is 0 Å². The predicted molar refractivity (Wildman–Crippen MR) is 156 cm³/mol. The number of hydrogen-bond donors (Lipinski definition) is 2. The van der Waals surface area contributed by atoms with Crippen LogP contribution in [0.4, 0.5) is 86.0 Å². The normalized spacial score (nSPS) is 14.7. The molecule has 0 radical (unpaired) electrons. The second-order valence-corrected chi connectivity index (χ2v) is 14.6. The van der Waals surface area contributed by atoms with Gasteiger partial charge in [-0.25, -0.2) is 16.8 Å². The molecule has 0 unspecified atom stereocenters. The number of aryl methyl sites for hydroxylation is 2. The monoisotopic (exact) mass is 862 g/mol. The zero-order valence-corrected chi connectivity index (χ0v) is 28.3. The zero-order valence-electron chi connectivity index (χ0n) is 26.6. The van der Waals surface area contributed by atoms with Crippen LogP contribution in [0, 0.1) is 13.8 Å². The van der Waals surface area contributed by atoms with Crippen molar-refractivity contribution < 1.29 is 96.2 Å². The highest BCUT2D eigenvalue weighted by Gasteiger charge is 2.94. The van der Waals surface area contributed by atoms with E-state index in [-0.39, 0.29) is 12.1 Å². The van der Waals surface area contributed by atoms with Gasteiger partial charge in [0.1, 0.15) is 5.75 Å². The highest BCUT2D eigenvalue weighted by atomic mass is 32.2. The summed E-state index contributed by atoms with van der Waals surface area (Å²) < 4.78 is 291. The van der Waals surface area contributed by atoms with E-state index in [0.717, 1.165) is 24.3 Å². The Kier molecular flexibility index (Phi) is 11.6. The fourth-order valence-corrected chi connectivity index (χ4v) is 6.10. The van der Waals surface area contributed by atoms with Gasteiger partial charge in [-0.3, -0.25) is 9.44 Å². The standard InChI is InChI=1S/C29H19F17N2O5S2/c1-14-3-7-19(8-4-14)54(49,50)47-16-11-17(48-55(51,52)20-9-5-15(2)6-10-20)13-18(12-16)53-22(31)21(30)23(32,33)24(34,35)25(36,37)26(38,39)27(40,41)28(42,43)29(44,45)46/h3-13,47-48H,1-2H3. The van der Waals surface area contributed by atoms with E-state index in [2.05, 4.69) is 4.74 Å². The van der Waals surface area contributed by atoms with E-state index < -0.39 is 101 Å². The second kappa shape index (κ2) is 14.2. The van der Waals surface area contributed by atoms with Crippen LogP contribution in [0.25, 0.3) is 0 Å². The lowest BCUT2D eigenvalue weighted by atomic mass is 9.91. The Morgan fingerprint density at radius 1 is 0.509 bits per heavy atom. The van der Waals surface area contributed by atoms with Crippen LogP contribution >= 0.6 is 0 Å². The number of benzene rings is 3. The van der Waals surface area contributed by atoms with Gasteiger partial charge in [0.05, 0.1) is 21.2 Å². The van der Waals surface area contributed by atoms with Crippen molar-refractivity contribution >= 4 is 31.4 Å². The summed E-state index contributed by atoms with van der Waals surface area (Å²) in [6.07, 6.45) is -7.89. The molecule has 306 valence electrons. The molecule has 0 aliphatic rings. The summed E-state index contributed by atoms with van der Waals surface area (Å²) in [6.45, 7) is 3.07. The second-order valence-electron chi connectivity index (χ2n) is 11.2. The van der Waals surface area contributed by atoms with Crippen molar-refractivity contribution in [2.75, 3.05) is 9.44 Å². The number of halogens is 17. The van der Waals surface area contributed by atoms with E-state index in [0.29, 0.717) is 17.2 Å². The molecule has 0 saturated carbocycles. The molecule has 0 heterocycles. The van der Waals surface area contributed by atoms with Crippen LogP contribution in [0.3, 0.4) is 0 Å². The van der Waals surface area contributed by atoms with Crippen LogP contribution in [0.15, 0.2) is 88.4 Å².